The quantitative estimate of drug-likeness (QED) is 0.203. The van der Waals surface area contributed by atoms with Gasteiger partial charge in [0, 0.05) is 42.9 Å². The maximum Gasteiger partial charge on any atom is 0.138 e. The number of anilines is 1. The van der Waals surface area contributed by atoms with Crippen LogP contribution in [0.4, 0.5) is 5.69 Å². The third-order valence-electron chi connectivity index (χ3n) is 7.09. The van der Waals surface area contributed by atoms with Crippen molar-refractivity contribution >= 4 is 33.9 Å². The first-order valence-corrected chi connectivity index (χ1v) is 13.1. The molecule has 0 unspecified atom stereocenters. The largest absolute Gasteiger partial charge is 0.496 e. The minimum Gasteiger partial charge on any atom is -0.496 e. The molecule has 1 aliphatic rings. The number of hydrogen-bond acceptors (Lipinski definition) is 6. The van der Waals surface area contributed by atoms with E-state index in [9.17, 15) is 0 Å². The van der Waals surface area contributed by atoms with Crippen molar-refractivity contribution < 1.29 is 4.74 Å². The Hall–Kier alpha value is -5.17. The average molecular weight is 559 g/mol. The zero-order valence-electron chi connectivity index (χ0n) is 22.8. The fraction of sp³-hybridized carbons (Fsp3) is 0.171. The van der Waals surface area contributed by atoms with E-state index >= 15 is 0 Å². The molecule has 0 fully saturated rings. The van der Waals surface area contributed by atoms with Gasteiger partial charge in [-0.15, -0.1) is 0 Å². The summed E-state index contributed by atoms with van der Waals surface area (Å²) < 4.78 is 7.51. The maximum absolute atomic E-state index is 5.77. The van der Waals surface area contributed by atoms with E-state index in [1.807, 2.05) is 44.7 Å². The number of allylic oxidation sites excluding steroid dienone is 1. The van der Waals surface area contributed by atoms with Gasteiger partial charge in [0.2, 0.25) is 0 Å². The molecule has 1 N–H and O–H groups in total. The maximum atomic E-state index is 5.77. The van der Waals surface area contributed by atoms with Crippen molar-refractivity contribution in [2.45, 2.75) is 21.3 Å². The highest BCUT2D eigenvalue weighted by atomic mass is 16.5. The molecule has 1 aliphatic heterocycles. The van der Waals surface area contributed by atoms with Crippen LogP contribution in [0.25, 0.3) is 33.9 Å². The van der Waals surface area contributed by atoms with Gasteiger partial charge in [-0.3, -0.25) is 4.98 Å². The number of methoxy groups -OCH3 is 1. The molecule has 0 atom stereocenters. The molecular weight excluding hydrogens is 520 g/mol. The lowest BCUT2D eigenvalue weighted by atomic mass is 9.93. The van der Waals surface area contributed by atoms with Gasteiger partial charge in [-0.2, -0.15) is 5.10 Å². The van der Waals surface area contributed by atoms with Crippen LogP contribution in [0.5, 0.6) is 5.75 Å². The first kappa shape index (κ1) is 29.8. The van der Waals surface area contributed by atoms with Crippen LogP contribution in [-0.4, -0.2) is 41.0 Å². The number of aromatic nitrogens is 4. The Morgan fingerprint density at radius 1 is 1.05 bits per heavy atom. The predicted octanol–water partition coefficient (Wildman–Crippen LogP) is 7.38. The number of pyridine rings is 1. The van der Waals surface area contributed by atoms with Gasteiger partial charge in [-0.1, -0.05) is 70.0 Å². The van der Waals surface area contributed by atoms with Gasteiger partial charge >= 0.3 is 0 Å². The molecular formula is C35H38N6O. The fourth-order valence-corrected chi connectivity index (χ4v) is 4.84. The molecule has 5 aromatic rings. The molecule has 7 heteroatoms. The van der Waals surface area contributed by atoms with Crippen molar-refractivity contribution in [2.24, 2.45) is 0 Å². The number of fused-ring (bicyclic) bond motifs is 1. The molecule has 2 aromatic heterocycles. The molecule has 0 saturated heterocycles. The lowest BCUT2D eigenvalue weighted by molar-refractivity contribution is 0.414. The van der Waals surface area contributed by atoms with Crippen LogP contribution in [0.3, 0.4) is 0 Å². The predicted molar refractivity (Wildman–Crippen MR) is 176 cm³/mol. The highest BCUT2D eigenvalue weighted by molar-refractivity contribution is 6.02. The third kappa shape index (κ3) is 5.95. The molecule has 0 saturated carbocycles. The van der Waals surface area contributed by atoms with E-state index < -0.39 is 0 Å². The first-order valence-electron chi connectivity index (χ1n) is 13.1. The van der Waals surface area contributed by atoms with Crippen LogP contribution in [0.15, 0.2) is 98.4 Å². The lowest BCUT2D eigenvalue weighted by Gasteiger charge is -2.21. The molecule has 3 aromatic carbocycles. The Kier molecular flexibility index (Phi) is 8.91. The molecule has 3 heterocycles. The SMILES string of the molecule is C.C.C=C(c1ccc(C2=CN2)cc1)c1c(N(C)C)cnc2cc(OC)c(/C=C\Cc3ccc(-n4cncn4)cc3)cc12. The number of hydrogen-bond donors (Lipinski definition) is 1. The summed E-state index contributed by atoms with van der Waals surface area (Å²) in [5.41, 5.74) is 10.5. The van der Waals surface area contributed by atoms with E-state index in [0.717, 1.165) is 62.4 Å². The Morgan fingerprint density at radius 2 is 1.79 bits per heavy atom. The molecule has 42 heavy (non-hydrogen) atoms. The van der Waals surface area contributed by atoms with Gasteiger partial charge in [0.15, 0.2) is 0 Å². The molecule has 0 aliphatic carbocycles. The Bertz CT molecular complexity index is 1750. The Morgan fingerprint density at radius 3 is 2.40 bits per heavy atom. The van der Waals surface area contributed by atoms with E-state index in [2.05, 4.69) is 81.5 Å². The van der Waals surface area contributed by atoms with Crippen LogP contribution in [0.1, 0.15) is 42.7 Å². The summed E-state index contributed by atoms with van der Waals surface area (Å²) in [4.78, 5) is 10.9. The second-order valence-corrected chi connectivity index (χ2v) is 9.90. The van der Waals surface area contributed by atoms with E-state index in [4.69, 9.17) is 9.72 Å². The fourth-order valence-electron chi connectivity index (χ4n) is 4.84. The van der Waals surface area contributed by atoms with Crippen molar-refractivity contribution in [3.05, 3.63) is 126 Å². The van der Waals surface area contributed by atoms with Gasteiger partial charge in [0.05, 0.1) is 35.9 Å². The van der Waals surface area contributed by atoms with E-state index in [1.54, 1.807) is 18.1 Å². The van der Waals surface area contributed by atoms with E-state index in [1.165, 1.54) is 17.5 Å². The van der Waals surface area contributed by atoms with Crippen molar-refractivity contribution in [3.8, 4) is 11.4 Å². The Balaban J connectivity index is 0.00000202. The highest BCUT2D eigenvalue weighted by Gasteiger charge is 2.18. The van der Waals surface area contributed by atoms with Crippen LogP contribution in [-0.2, 0) is 6.42 Å². The number of nitrogens with zero attached hydrogens (tertiary/aromatic N) is 5. The molecule has 0 spiro atoms. The number of ether oxygens (including phenoxy) is 1. The zero-order valence-corrected chi connectivity index (χ0v) is 22.8. The van der Waals surface area contributed by atoms with Gasteiger partial charge in [-0.25, -0.2) is 9.67 Å². The summed E-state index contributed by atoms with van der Waals surface area (Å²) in [6.45, 7) is 4.53. The minimum absolute atomic E-state index is 0. The van der Waals surface area contributed by atoms with Crippen molar-refractivity contribution in [1.82, 2.24) is 25.1 Å². The van der Waals surface area contributed by atoms with Crippen LogP contribution in [0.2, 0.25) is 0 Å². The minimum atomic E-state index is 0. The number of rotatable bonds is 9. The summed E-state index contributed by atoms with van der Waals surface area (Å²) in [5.74, 6) is 0.779. The van der Waals surface area contributed by atoms with E-state index in [0.29, 0.717) is 0 Å². The van der Waals surface area contributed by atoms with E-state index in [-0.39, 0.29) is 14.9 Å². The lowest BCUT2D eigenvalue weighted by Crippen LogP contribution is -2.12. The van der Waals surface area contributed by atoms with Crippen molar-refractivity contribution in [3.63, 3.8) is 0 Å². The summed E-state index contributed by atoms with van der Waals surface area (Å²) in [6.07, 6.45) is 12.2. The zero-order chi connectivity index (χ0) is 27.6. The van der Waals surface area contributed by atoms with Gasteiger partial charge in [-0.05, 0) is 46.9 Å². The standard InChI is InChI=1S/C33H30N6O.2CH4/c1-22(24-10-12-25(13-11-24)30-18-35-30)33-28-16-26(32(40-4)17-29(28)36-19-31(33)38(2)3)7-5-6-23-8-14-27(15-9-23)39-21-34-20-37-39;;/h5,7-21,35H,1,6H2,2-4H3;2*1H4/b7-5-;;. The summed E-state index contributed by atoms with van der Waals surface area (Å²) in [7, 11) is 5.76. The number of benzene rings is 3. The molecule has 0 bridgehead atoms. The second-order valence-electron chi connectivity index (χ2n) is 9.90. The highest BCUT2D eigenvalue weighted by Crippen LogP contribution is 2.38. The van der Waals surface area contributed by atoms with Crippen molar-refractivity contribution in [1.29, 1.82) is 0 Å². The summed E-state index contributed by atoms with van der Waals surface area (Å²) in [6, 6.07) is 21.0. The topological polar surface area (TPSA) is 78.0 Å². The summed E-state index contributed by atoms with van der Waals surface area (Å²) >= 11 is 0. The van der Waals surface area contributed by atoms with Crippen LogP contribution >= 0.6 is 0 Å². The molecule has 0 amide bonds. The second kappa shape index (κ2) is 12.6. The first-order chi connectivity index (χ1) is 19.5. The number of nitrogens with one attached hydrogen (secondary N) is 1. The molecule has 0 radical (unpaired) electrons. The van der Waals surface area contributed by atoms with Crippen LogP contribution in [0, 0.1) is 0 Å². The third-order valence-corrected chi connectivity index (χ3v) is 7.09. The van der Waals surface area contributed by atoms with Gasteiger partial charge in [0.1, 0.15) is 18.4 Å². The molecule has 214 valence electrons. The van der Waals surface area contributed by atoms with Crippen molar-refractivity contribution in [2.75, 3.05) is 26.1 Å². The molecule has 6 rings (SSSR count). The summed E-state index contributed by atoms with van der Waals surface area (Å²) in [5, 5.41) is 8.38. The smallest absolute Gasteiger partial charge is 0.138 e. The van der Waals surface area contributed by atoms with Gasteiger partial charge < -0.3 is 15.0 Å². The monoisotopic (exact) mass is 558 g/mol. The average Bonchev–Trinajstić information content (AvgIpc) is 3.69. The van der Waals surface area contributed by atoms with Crippen LogP contribution < -0.4 is 15.0 Å². The molecule has 7 nitrogen and oxygen atoms in total. The van der Waals surface area contributed by atoms with Gasteiger partial charge in [0.25, 0.3) is 0 Å². The normalized spacial score (nSPS) is 11.7. The Labute approximate surface area is 248 Å².